The standard InChI is InChI=1S/C16H13N7O2S/c24-23(25)14-15(17-8-7-11-4-3-9-26-11)18-10-19-16(14)22-13-6-2-1-5-12(13)20-21-22/h1-6,9-10H,7-8H2,(H,17,18,19). The molecule has 0 atom stereocenters. The fraction of sp³-hybridized carbons (Fsp3) is 0.125. The van der Waals surface area contributed by atoms with Crippen LogP contribution in [0.15, 0.2) is 48.1 Å². The van der Waals surface area contributed by atoms with Gasteiger partial charge in [-0.1, -0.05) is 23.4 Å². The Morgan fingerprint density at radius 3 is 2.88 bits per heavy atom. The molecule has 0 aliphatic rings. The Labute approximate surface area is 151 Å². The molecule has 26 heavy (non-hydrogen) atoms. The molecule has 0 bridgehead atoms. The quantitative estimate of drug-likeness (QED) is 0.412. The van der Waals surface area contributed by atoms with E-state index in [1.165, 1.54) is 15.9 Å². The SMILES string of the molecule is O=[N+]([O-])c1c(NCCc2cccs2)ncnc1-n1nnc2ccccc21. The summed E-state index contributed by atoms with van der Waals surface area (Å²) < 4.78 is 1.36. The summed E-state index contributed by atoms with van der Waals surface area (Å²) >= 11 is 1.64. The number of thiophene rings is 1. The summed E-state index contributed by atoms with van der Waals surface area (Å²) in [5.41, 5.74) is 1.04. The van der Waals surface area contributed by atoms with E-state index in [1.807, 2.05) is 29.6 Å². The number of aromatic nitrogens is 5. The lowest BCUT2D eigenvalue weighted by Crippen LogP contribution is -2.12. The van der Waals surface area contributed by atoms with Crippen molar-refractivity contribution in [2.24, 2.45) is 0 Å². The molecule has 0 unspecified atom stereocenters. The molecule has 4 rings (SSSR count). The van der Waals surface area contributed by atoms with Crippen LogP contribution in [0.1, 0.15) is 4.88 Å². The Kier molecular flexibility index (Phi) is 4.23. The molecule has 0 amide bonds. The normalized spacial score (nSPS) is 10.9. The van der Waals surface area contributed by atoms with Gasteiger partial charge in [0.15, 0.2) is 0 Å². The molecule has 10 heteroatoms. The number of anilines is 1. The monoisotopic (exact) mass is 367 g/mol. The Hall–Kier alpha value is -3.40. The first-order valence-electron chi connectivity index (χ1n) is 7.80. The third-order valence-corrected chi connectivity index (χ3v) is 4.72. The van der Waals surface area contributed by atoms with Crippen molar-refractivity contribution in [1.82, 2.24) is 25.0 Å². The van der Waals surface area contributed by atoms with Gasteiger partial charge in [-0.2, -0.15) is 4.68 Å². The summed E-state index contributed by atoms with van der Waals surface area (Å²) in [5.74, 6) is 0.244. The zero-order valence-corrected chi connectivity index (χ0v) is 14.3. The van der Waals surface area contributed by atoms with Gasteiger partial charge in [0, 0.05) is 11.4 Å². The topological polar surface area (TPSA) is 112 Å². The Balaban J connectivity index is 1.70. The van der Waals surface area contributed by atoms with Crippen LogP contribution in [0.5, 0.6) is 0 Å². The minimum Gasteiger partial charge on any atom is -0.364 e. The van der Waals surface area contributed by atoms with E-state index in [1.54, 1.807) is 23.5 Å². The predicted octanol–water partition coefficient (Wildman–Crippen LogP) is 2.83. The third kappa shape index (κ3) is 2.97. The molecule has 0 fully saturated rings. The van der Waals surface area contributed by atoms with Gasteiger partial charge in [0.25, 0.3) is 0 Å². The van der Waals surface area contributed by atoms with Crippen LogP contribution in [0, 0.1) is 10.1 Å². The molecule has 4 aromatic rings. The van der Waals surface area contributed by atoms with Crippen molar-refractivity contribution in [2.45, 2.75) is 6.42 Å². The van der Waals surface area contributed by atoms with Gasteiger partial charge in [-0.15, -0.1) is 16.4 Å². The first-order valence-corrected chi connectivity index (χ1v) is 8.68. The maximum atomic E-state index is 11.7. The molecule has 0 saturated heterocycles. The maximum Gasteiger partial charge on any atom is 0.355 e. The van der Waals surface area contributed by atoms with E-state index in [0.717, 1.165) is 6.42 Å². The minimum atomic E-state index is -0.501. The van der Waals surface area contributed by atoms with Gasteiger partial charge in [-0.25, -0.2) is 9.97 Å². The van der Waals surface area contributed by atoms with Crippen LogP contribution in [0.2, 0.25) is 0 Å². The summed E-state index contributed by atoms with van der Waals surface area (Å²) in [5, 5.41) is 24.8. The van der Waals surface area contributed by atoms with Crippen molar-refractivity contribution in [2.75, 3.05) is 11.9 Å². The average molecular weight is 367 g/mol. The van der Waals surface area contributed by atoms with E-state index >= 15 is 0 Å². The molecule has 0 spiro atoms. The molecule has 0 aliphatic carbocycles. The highest BCUT2D eigenvalue weighted by molar-refractivity contribution is 7.09. The van der Waals surface area contributed by atoms with Crippen molar-refractivity contribution in [3.63, 3.8) is 0 Å². The Bertz CT molecular complexity index is 1060. The number of rotatable bonds is 6. The number of hydrogen-bond donors (Lipinski definition) is 1. The van der Waals surface area contributed by atoms with E-state index < -0.39 is 4.92 Å². The number of fused-ring (bicyclic) bond motifs is 1. The molecular weight excluding hydrogens is 354 g/mol. The van der Waals surface area contributed by atoms with Gasteiger partial charge in [-0.3, -0.25) is 10.1 Å². The maximum absolute atomic E-state index is 11.7. The number of nitrogens with zero attached hydrogens (tertiary/aromatic N) is 6. The molecule has 0 saturated carbocycles. The molecule has 1 aromatic carbocycles. The van der Waals surface area contributed by atoms with Crippen molar-refractivity contribution >= 4 is 33.9 Å². The van der Waals surface area contributed by atoms with E-state index in [0.29, 0.717) is 17.6 Å². The van der Waals surface area contributed by atoms with E-state index in [2.05, 4.69) is 25.6 Å². The van der Waals surface area contributed by atoms with Crippen LogP contribution >= 0.6 is 11.3 Å². The van der Waals surface area contributed by atoms with Gasteiger partial charge in [0.1, 0.15) is 11.8 Å². The summed E-state index contributed by atoms with van der Waals surface area (Å²) in [6.45, 7) is 0.524. The summed E-state index contributed by atoms with van der Waals surface area (Å²) in [6.07, 6.45) is 2.03. The second kappa shape index (κ2) is 6.84. The first-order chi connectivity index (χ1) is 12.7. The zero-order chi connectivity index (χ0) is 17.9. The van der Waals surface area contributed by atoms with Gasteiger partial charge in [0.2, 0.25) is 11.6 Å². The average Bonchev–Trinajstić information content (AvgIpc) is 3.31. The van der Waals surface area contributed by atoms with Crippen molar-refractivity contribution in [3.05, 3.63) is 63.1 Å². The highest BCUT2D eigenvalue weighted by Crippen LogP contribution is 2.29. The second-order valence-electron chi connectivity index (χ2n) is 5.40. The molecule has 9 nitrogen and oxygen atoms in total. The lowest BCUT2D eigenvalue weighted by molar-refractivity contribution is -0.384. The lowest BCUT2D eigenvalue weighted by Gasteiger charge is -2.08. The minimum absolute atomic E-state index is 0.0809. The highest BCUT2D eigenvalue weighted by Gasteiger charge is 2.26. The smallest absolute Gasteiger partial charge is 0.355 e. The molecule has 1 N–H and O–H groups in total. The lowest BCUT2D eigenvalue weighted by atomic mass is 10.3. The van der Waals surface area contributed by atoms with Crippen LogP contribution in [0.4, 0.5) is 11.5 Å². The van der Waals surface area contributed by atoms with Crippen LogP contribution < -0.4 is 5.32 Å². The molecule has 130 valence electrons. The van der Waals surface area contributed by atoms with Crippen LogP contribution in [-0.4, -0.2) is 36.4 Å². The zero-order valence-electron chi connectivity index (χ0n) is 13.4. The first kappa shape index (κ1) is 16.1. The Morgan fingerprint density at radius 2 is 2.08 bits per heavy atom. The van der Waals surface area contributed by atoms with Gasteiger partial charge in [0.05, 0.1) is 10.4 Å². The van der Waals surface area contributed by atoms with Crippen LogP contribution in [-0.2, 0) is 6.42 Å². The number of para-hydroxylation sites is 1. The number of hydrogen-bond acceptors (Lipinski definition) is 8. The number of nitro groups is 1. The fourth-order valence-corrected chi connectivity index (χ4v) is 3.32. The van der Waals surface area contributed by atoms with Crippen molar-refractivity contribution in [3.8, 4) is 5.82 Å². The third-order valence-electron chi connectivity index (χ3n) is 3.78. The van der Waals surface area contributed by atoms with E-state index in [-0.39, 0.29) is 17.3 Å². The molecule has 3 aromatic heterocycles. The number of benzene rings is 1. The second-order valence-corrected chi connectivity index (χ2v) is 6.43. The van der Waals surface area contributed by atoms with Crippen molar-refractivity contribution in [1.29, 1.82) is 0 Å². The van der Waals surface area contributed by atoms with Crippen molar-refractivity contribution < 1.29 is 4.92 Å². The predicted molar refractivity (Wildman–Crippen MR) is 97.6 cm³/mol. The van der Waals surface area contributed by atoms with Crippen LogP contribution in [0.25, 0.3) is 16.9 Å². The molecule has 0 aliphatic heterocycles. The Morgan fingerprint density at radius 1 is 1.19 bits per heavy atom. The molecule has 3 heterocycles. The summed E-state index contributed by atoms with van der Waals surface area (Å²) in [6, 6.07) is 11.2. The van der Waals surface area contributed by atoms with E-state index in [9.17, 15) is 10.1 Å². The summed E-state index contributed by atoms with van der Waals surface area (Å²) in [7, 11) is 0. The largest absolute Gasteiger partial charge is 0.364 e. The van der Waals surface area contributed by atoms with Gasteiger partial charge < -0.3 is 5.32 Å². The molecular formula is C16H13N7O2S. The van der Waals surface area contributed by atoms with E-state index in [4.69, 9.17) is 0 Å². The fourth-order valence-electron chi connectivity index (χ4n) is 2.61. The molecule has 0 radical (unpaired) electrons. The highest BCUT2D eigenvalue weighted by atomic mass is 32.1. The van der Waals surface area contributed by atoms with Gasteiger partial charge in [-0.05, 0) is 30.0 Å². The summed E-state index contributed by atoms with van der Waals surface area (Å²) in [4.78, 5) is 20.5. The number of nitrogens with one attached hydrogen (secondary N) is 1. The van der Waals surface area contributed by atoms with Gasteiger partial charge >= 0.3 is 5.69 Å². The van der Waals surface area contributed by atoms with Crippen LogP contribution in [0.3, 0.4) is 0 Å².